The first-order valence-corrected chi connectivity index (χ1v) is 21.5. The van der Waals surface area contributed by atoms with E-state index in [9.17, 15) is 23.1 Å². The van der Waals surface area contributed by atoms with Crippen LogP contribution in [0.4, 0.5) is 4.79 Å². The first kappa shape index (κ1) is 38.3. The lowest BCUT2D eigenvalue weighted by Gasteiger charge is -2.73. The molecule has 10 atom stereocenters. The van der Waals surface area contributed by atoms with Gasteiger partial charge in [-0.1, -0.05) is 58.9 Å². The summed E-state index contributed by atoms with van der Waals surface area (Å²) in [5.41, 5.74) is 3.35. The van der Waals surface area contributed by atoms with Crippen molar-refractivity contribution in [3.05, 3.63) is 47.5 Å². The number of sulfonamides is 1. The second-order valence-electron chi connectivity index (χ2n) is 19.0. The van der Waals surface area contributed by atoms with E-state index in [4.69, 9.17) is 0 Å². The lowest BCUT2D eigenvalue weighted by molar-refractivity contribution is -0.233. The fourth-order valence-corrected chi connectivity index (χ4v) is 14.2. The van der Waals surface area contributed by atoms with Crippen molar-refractivity contribution in [1.29, 1.82) is 0 Å². The topological polar surface area (TPSA) is 116 Å². The predicted octanol–water partition coefficient (Wildman–Crippen LogP) is 8.46. The minimum Gasteiger partial charge on any atom is -0.478 e. The summed E-state index contributed by atoms with van der Waals surface area (Å²) in [6.07, 6.45) is 13.1. The summed E-state index contributed by atoms with van der Waals surface area (Å²) in [6.45, 7) is 20.4. The third-order valence-electron chi connectivity index (χ3n) is 16.5. The van der Waals surface area contributed by atoms with Gasteiger partial charge in [0.05, 0.1) is 11.8 Å². The summed E-state index contributed by atoms with van der Waals surface area (Å²) in [7, 11) is -1.66. The van der Waals surface area contributed by atoms with E-state index in [-0.39, 0.29) is 33.2 Å². The highest BCUT2D eigenvalue weighted by molar-refractivity contribution is 7.88. The maximum absolute atomic E-state index is 13.5. The van der Waals surface area contributed by atoms with Gasteiger partial charge >= 0.3 is 12.0 Å². The van der Waals surface area contributed by atoms with E-state index in [0.717, 1.165) is 32.1 Å². The van der Waals surface area contributed by atoms with Crippen LogP contribution in [0.2, 0.25) is 0 Å². The maximum Gasteiger partial charge on any atom is 0.335 e. The van der Waals surface area contributed by atoms with Gasteiger partial charge in [-0.2, -0.15) is 0 Å². The van der Waals surface area contributed by atoms with Crippen LogP contribution in [0.5, 0.6) is 0 Å². The highest BCUT2D eigenvalue weighted by atomic mass is 32.2. The number of aromatic carboxylic acids is 1. The van der Waals surface area contributed by atoms with Crippen LogP contribution in [0.25, 0.3) is 0 Å². The molecule has 0 bridgehead atoms. The molecule has 8 nitrogen and oxygen atoms in total. The molecule has 0 aromatic heterocycles. The Hall–Kier alpha value is -2.39. The molecule has 5 aliphatic rings. The number of carboxylic acids is 1. The summed E-state index contributed by atoms with van der Waals surface area (Å²) < 4.78 is 24.9. The molecule has 1 aromatic carbocycles. The Morgan fingerprint density at radius 3 is 2.22 bits per heavy atom. The zero-order valence-corrected chi connectivity index (χ0v) is 33.4. The van der Waals surface area contributed by atoms with Crippen LogP contribution in [0.1, 0.15) is 134 Å². The highest BCUT2D eigenvalue weighted by Crippen LogP contribution is 2.77. The zero-order valence-electron chi connectivity index (χ0n) is 32.6. The van der Waals surface area contributed by atoms with Gasteiger partial charge in [-0.25, -0.2) is 22.3 Å². The molecule has 0 aliphatic heterocycles. The van der Waals surface area contributed by atoms with Crippen molar-refractivity contribution in [2.45, 2.75) is 124 Å². The Kier molecular flexibility index (Phi) is 9.90. The molecule has 5 saturated carbocycles. The van der Waals surface area contributed by atoms with Gasteiger partial charge in [0.25, 0.3) is 0 Å². The van der Waals surface area contributed by atoms with Crippen LogP contribution in [-0.2, 0) is 10.0 Å². The summed E-state index contributed by atoms with van der Waals surface area (Å²) in [5.74, 6) is 2.05. The Labute approximate surface area is 308 Å². The van der Waals surface area contributed by atoms with E-state index in [1.807, 2.05) is 0 Å². The standard InChI is InChI=1S/C42H65N3O5S/c1-27(2)30-17-22-42(44-37(48)43-25-10-26-45(8)51(9,49)50)24-23-40(6)32(35(30)42)15-16-34-39(5)20-18-31(28-11-13-29(14-12-28)36(46)47)38(3,4)33(39)19-21-41(34,40)7/h11-14,30-35H,1,10,15-26H2,2-9H3,(H,46,47)(H2,43,44,48)/t30-,31?,32+,33-,34+,35+,39-,40+,41+,42-/m0/s1. The number of fused-ring (bicyclic) bond motifs is 7. The van der Waals surface area contributed by atoms with Crippen molar-refractivity contribution in [2.24, 2.45) is 51.2 Å². The quantitative estimate of drug-likeness (QED) is 0.175. The first-order valence-electron chi connectivity index (χ1n) is 19.7. The fraction of sp³-hybridized carbons (Fsp3) is 0.762. The van der Waals surface area contributed by atoms with Gasteiger partial charge in [0.2, 0.25) is 10.0 Å². The van der Waals surface area contributed by atoms with Crippen molar-refractivity contribution in [2.75, 3.05) is 26.4 Å². The van der Waals surface area contributed by atoms with E-state index in [1.165, 1.54) is 53.8 Å². The SMILES string of the molecule is C=C(C)[C@@H]1CC[C@]2(NC(=O)NCCCN(C)S(C)(=O)=O)CC[C@]3(C)[C@H](CC[C@@H]4[C@@]5(C)CCC(c6ccc(C(=O)O)cc6)C(C)(C)[C@@H]5CC[C@]43C)[C@@H]12. The second-order valence-corrected chi connectivity index (χ2v) is 21.1. The fourth-order valence-electron chi connectivity index (χ4n) is 13.8. The van der Waals surface area contributed by atoms with E-state index in [2.05, 4.69) is 70.9 Å². The van der Waals surface area contributed by atoms with Crippen LogP contribution in [0.3, 0.4) is 0 Å². The van der Waals surface area contributed by atoms with Crippen molar-refractivity contribution in [3.63, 3.8) is 0 Å². The normalized spacial score (nSPS) is 39.9. The number of carboxylic acid groups (broad SMARTS) is 1. The number of benzene rings is 1. The second kappa shape index (κ2) is 13.2. The minimum atomic E-state index is -3.24. The Morgan fingerprint density at radius 2 is 1.59 bits per heavy atom. The highest BCUT2D eigenvalue weighted by Gasteiger charge is 2.71. The molecule has 51 heavy (non-hydrogen) atoms. The van der Waals surface area contributed by atoms with Crippen LogP contribution >= 0.6 is 0 Å². The van der Waals surface area contributed by atoms with Crippen molar-refractivity contribution in [3.8, 4) is 0 Å². The number of amides is 2. The van der Waals surface area contributed by atoms with Crippen molar-refractivity contribution < 1.29 is 23.1 Å². The number of urea groups is 1. The average molecular weight is 724 g/mol. The van der Waals surface area contributed by atoms with Gasteiger partial charge < -0.3 is 15.7 Å². The number of carbonyl (C=O) groups excluding carboxylic acids is 1. The molecule has 6 rings (SSSR count). The van der Waals surface area contributed by atoms with Crippen molar-refractivity contribution in [1.82, 2.24) is 14.9 Å². The van der Waals surface area contributed by atoms with Gasteiger partial charge in [-0.15, -0.1) is 0 Å². The zero-order chi connectivity index (χ0) is 37.4. The van der Waals surface area contributed by atoms with Crippen molar-refractivity contribution >= 4 is 22.0 Å². The molecule has 5 aliphatic carbocycles. The van der Waals surface area contributed by atoms with E-state index in [0.29, 0.717) is 60.6 Å². The molecule has 2 amide bonds. The maximum atomic E-state index is 13.5. The Balaban J connectivity index is 1.22. The van der Waals surface area contributed by atoms with Gasteiger partial charge in [0.1, 0.15) is 0 Å². The molecule has 3 N–H and O–H groups in total. The van der Waals surface area contributed by atoms with Crippen LogP contribution in [0, 0.1) is 51.2 Å². The molecule has 9 heteroatoms. The molecule has 0 spiro atoms. The number of rotatable bonds is 9. The first-order chi connectivity index (χ1) is 23.7. The lowest BCUT2D eigenvalue weighted by atomic mass is 9.32. The molecular weight excluding hydrogens is 659 g/mol. The summed E-state index contributed by atoms with van der Waals surface area (Å²) in [5, 5.41) is 16.1. The predicted molar refractivity (Wildman–Crippen MR) is 204 cm³/mol. The average Bonchev–Trinajstić information content (AvgIpc) is 3.42. The molecule has 5 fully saturated rings. The van der Waals surface area contributed by atoms with Gasteiger partial charge in [0, 0.05) is 25.7 Å². The molecule has 1 unspecified atom stereocenters. The monoisotopic (exact) mass is 723 g/mol. The number of allylic oxidation sites excluding steroid dienone is 1. The summed E-state index contributed by atoms with van der Waals surface area (Å²) >= 11 is 0. The van der Waals surface area contributed by atoms with Crippen LogP contribution in [0.15, 0.2) is 36.4 Å². The van der Waals surface area contributed by atoms with E-state index in [1.54, 1.807) is 19.2 Å². The summed E-state index contributed by atoms with van der Waals surface area (Å²) in [6, 6.07) is 7.57. The molecule has 284 valence electrons. The number of hydrogen-bond donors (Lipinski definition) is 3. The third-order valence-corrected chi connectivity index (χ3v) is 17.8. The van der Waals surface area contributed by atoms with Gasteiger partial charge in [0.15, 0.2) is 0 Å². The number of carbonyl (C=O) groups is 2. The molecule has 0 saturated heterocycles. The van der Waals surface area contributed by atoms with Gasteiger partial charge in [-0.3, -0.25) is 0 Å². The Morgan fingerprint density at radius 1 is 0.902 bits per heavy atom. The third kappa shape index (κ3) is 6.18. The lowest BCUT2D eigenvalue weighted by Crippen LogP contribution is -2.69. The Bertz CT molecular complexity index is 1640. The molecule has 1 aromatic rings. The molecular formula is C42H65N3O5S. The number of nitrogens with one attached hydrogen (secondary N) is 2. The van der Waals surface area contributed by atoms with E-state index >= 15 is 0 Å². The smallest absolute Gasteiger partial charge is 0.335 e. The van der Waals surface area contributed by atoms with E-state index < -0.39 is 16.0 Å². The number of nitrogens with zero attached hydrogens (tertiary/aromatic N) is 1. The molecule has 0 heterocycles. The summed E-state index contributed by atoms with van der Waals surface area (Å²) in [4.78, 5) is 25.1. The largest absolute Gasteiger partial charge is 0.478 e. The van der Waals surface area contributed by atoms with Crippen LogP contribution in [-0.4, -0.2) is 61.8 Å². The molecule has 0 radical (unpaired) electrons. The number of hydrogen-bond acceptors (Lipinski definition) is 4. The van der Waals surface area contributed by atoms with Crippen LogP contribution < -0.4 is 10.6 Å². The minimum absolute atomic E-state index is 0.104. The van der Waals surface area contributed by atoms with Gasteiger partial charge in [-0.05, 0) is 152 Å².